The van der Waals surface area contributed by atoms with Gasteiger partial charge in [0.2, 0.25) is 0 Å². The summed E-state index contributed by atoms with van der Waals surface area (Å²) in [5.74, 6) is 0.358. The summed E-state index contributed by atoms with van der Waals surface area (Å²) >= 11 is 4.70. The van der Waals surface area contributed by atoms with Crippen molar-refractivity contribution >= 4 is 43.5 Å². The zero-order valence-corrected chi connectivity index (χ0v) is 12.6. The van der Waals surface area contributed by atoms with Crippen molar-refractivity contribution in [2.24, 2.45) is 0 Å². The molecule has 2 aromatic rings. The molecule has 2 aromatic heterocycles. The van der Waals surface area contributed by atoms with Crippen LogP contribution in [0.4, 0.5) is 0 Å². The van der Waals surface area contributed by atoms with Gasteiger partial charge in [-0.2, -0.15) is 0 Å². The number of carbonyl (C=O) groups excluding carboxylic acids is 1. The Bertz CT molecular complexity index is 594. The summed E-state index contributed by atoms with van der Waals surface area (Å²) in [6.45, 7) is 3.91. The van der Waals surface area contributed by atoms with Crippen LogP contribution in [0.5, 0.6) is 5.75 Å². The first-order chi connectivity index (χ1) is 8.54. The minimum atomic E-state index is -0.375. The quantitative estimate of drug-likeness (QED) is 0.807. The molecular weight excluding hydrogens is 318 g/mol. The lowest BCUT2D eigenvalue weighted by Crippen LogP contribution is -2.05. The summed E-state index contributed by atoms with van der Waals surface area (Å²) in [7, 11) is 1.36. The van der Waals surface area contributed by atoms with Crippen LogP contribution in [0.15, 0.2) is 16.7 Å². The van der Waals surface area contributed by atoms with Gasteiger partial charge in [-0.25, -0.2) is 4.79 Å². The molecule has 0 amide bonds. The first kappa shape index (κ1) is 13.3. The fraction of sp³-hybridized carbons (Fsp3) is 0.333. The summed E-state index contributed by atoms with van der Waals surface area (Å²) in [4.78, 5) is 16.4. The zero-order valence-electron chi connectivity index (χ0n) is 10.2. The average Bonchev–Trinajstić information content (AvgIpc) is 2.67. The highest BCUT2D eigenvalue weighted by Crippen LogP contribution is 2.39. The molecule has 6 heteroatoms. The lowest BCUT2D eigenvalue weighted by Gasteiger charge is -2.09. The van der Waals surface area contributed by atoms with Crippen molar-refractivity contribution in [2.75, 3.05) is 7.11 Å². The minimum Gasteiger partial charge on any atom is -0.489 e. The van der Waals surface area contributed by atoms with Gasteiger partial charge in [-0.3, -0.25) is 4.98 Å². The molecular formula is C12H12BrNO3S. The Morgan fingerprint density at radius 1 is 1.50 bits per heavy atom. The molecule has 0 saturated carbocycles. The fourth-order valence-electron chi connectivity index (χ4n) is 1.51. The Kier molecular flexibility index (Phi) is 3.87. The second-order valence-electron chi connectivity index (χ2n) is 3.89. The van der Waals surface area contributed by atoms with Gasteiger partial charge in [-0.05, 0) is 35.8 Å². The van der Waals surface area contributed by atoms with Gasteiger partial charge in [-0.1, -0.05) is 0 Å². The fourth-order valence-corrected chi connectivity index (χ4v) is 3.37. The van der Waals surface area contributed by atoms with E-state index in [-0.39, 0.29) is 12.1 Å². The number of methoxy groups -OCH3 is 1. The Morgan fingerprint density at radius 2 is 2.22 bits per heavy atom. The number of hydrogen-bond donors (Lipinski definition) is 0. The number of halogens is 1. The highest BCUT2D eigenvalue weighted by Gasteiger charge is 2.20. The molecule has 18 heavy (non-hydrogen) atoms. The van der Waals surface area contributed by atoms with Crippen LogP contribution < -0.4 is 4.74 Å². The first-order valence-corrected chi connectivity index (χ1v) is 6.97. The number of esters is 1. The topological polar surface area (TPSA) is 48.4 Å². The maximum Gasteiger partial charge on any atom is 0.349 e. The Hall–Kier alpha value is -1.14. The van der Waals surface area contributed by atoms with Gasteiger partial charge in [0, 0.05) is 6.20 Å². The maximum atomic E-state index is 11.6. The van der Waals surface area contributed by atoms with E-state index in [0.29, 0.717) is 9.35 Å². The number of nitrogens with zero attached hydrogens (tertiary/aromatic N) is 1. The minimum absolute atomic E-state index is 0.0676. The highest BCUT2D eigenvalue weighted by molar-refractivity contribution is 9.10. The Labute approximate surface area is 117 Å². The van der Waals surface area contributed by atoms with Gasteiger partial charge in [0.15, 0.2) is 0 Å². The van der Waals surface area contributed by atoms with Gasteiger partial charge in [-0.15, -0.1) is 11.3 Å². The van der Waals surface area contributed by atoms with Crippen molar-refractivity contribution in [3.8, 4) is 5.75 Å². The number of rotatable bonds is 3. The monoisotopic (exact) mass is 329 g/mol. The molecule has 0 aliphatic heterocycles. The summed E-state index contributed by atoms with van der Waals surface area (Å²) < 4.78 is 11.9. The van der Waals surface area contributed by atoms with Gasteiger partial charge < -0.3 is 9.47 Å². The van der Waals surface area contributed by atoms with Crippen LogP contribution >= 0.6 is 27.3 Å². The summed E-state index contributed by atoms with van der Waals surface area (Å²) in [6, 6.07) is 1.80. The molecule has 0 radical (unpaired) electrons. The van der Waals surface area contributed by atoms with Crippen LogP contribution in [0.2, 0.25) is 0 Å². The molecule has 0 bridgehead atoms. The number of ether oxygens (including phenoxy) is 2. The first-order valence-electron chi connectivity index (χ1n) is 5.36. The SMILES string of the molecule is COC(=O)c1sc2c(OC(C)C)ccnc2c1Br. The van der Waals surface area contributed by atoms with Gasteiger partial charge in [0.1, 0.15) is 10.6 Å². The van der Waals surface area contributed by atoms with Gasteiger partial charge in [0.25, 0.3) is 0 Å². The van der Waals surface area contributed by atoms with Crippen molar-refractivity contribution in [3.63, 3.8) is 0 Å². The van der Waals surface area contributed by atoms with Crippen molar-refractivity contribution in [1.82, 2.24) is 4.98 Å². The van der Waals surface area contributed by atoms with Crippen molar-refractivity contribution in [2.45, 2.75) is 20.0 Å². The van der Waals surface area contributed by atoms with Gasteiger partial charge >= 0.3 is 5.97 Å². The van der Waals surface area contributed by atoms with E-state index in [4.69, 9.17) is 9.47 Å². The number of thiophene rings is 1. The molecule has 0 saturated heterocycles. The van der Waals surface area contributed by atoms with Crippen molar-refractivity contribution < 1.29 is 14.3 Å². The molecule has 0 aromatic carbocycles. The molecule has 0 fully saturated rings. The zero-order chi connectivity index (χ0) is 13.3. The van der Waals surface area contributed by atoms with Crippen LogP contribution in [0.1, 0.15) is 23.5 Å². The van der Waals surface area contributed by atoms with E-state index in [1.54, 1.807) is 12.3 Å². The number of carbonyl (C=O) groups is 1. The number of aromatic nitrogens is 1. The molecule has 0 atom stereocenters. The average molecular weight is 330 g/mol. The molecule has 0 aliphatic rings. The largest absolute Gasteiger partial charge is 0.489 e. The number of pyridine rings is 1. The molecule has 0 N–H and O–H groups in total. The molecule has 4 nitrogen and oxygen atoms in total. The summed E-state index contributed by atoms with van der Waals surface area (Å²) in [5, 5.41) is 0. The number of fused-ring (bicyclic) bond motifs is 1. The summed E-state index contributed by atoms with van der Waals surface area (Å²) in [6.07, 6.45) is 1.73. The van der Waals surface area contributed by atoms with Crippen molar-refractivity contribution in [3.05, 3.63) is 21.6 Å². The second-order valence-corrected chi connectivity index (χ2v) is 5.70. The van der Waals surface area contributed by atoms with E-state index in [9.17, 15) is 4.79 Å². The Balaban J connectivity index is 2.60. The van der Waals surface area contributed by atoms with E-state index in [1.807, 2.05) is 13.8 Å². The summed E-state index contributed by atoms with van der Waals surface area (Å²) in [5.41, 5.74) is 0.721. The van der Waals surface area contributed by atoms with Crippen LogP contribution in [0, 0.1) is 0 Å². The van der Waals surface area contributed by atoms with Crippen LogP contribution in [0.3, 0.4) is 0 Å². The van der Waals surface area contributed by atoms with Crippen molar-refractivity contribution in [1.29, 1.82) is 0 Å². The molecule has 0 unspecified atom stereocenters. The highest BCUT2D eigenvalue weighted by atomic mass is 79.9. The molecule has 2 rings (SSSR count). The lowest BCUT2D eigenvalue weighted by molar-refractivity contribution is 0.0605. The molecule has 2 heterocycles. The predicted molar refractivity (Wildman–Crippen MR) is 74.4 cm³/mol. The predicted octanol–water partition coefficient (Wildman–Crippen LogP) is 3.63. The van der Waals surface area contributed by atoms with Crippen LogP contribution in [-0.2, 0) is 4.74 Å². The second kappa shape index (κ2) is 5.24. The Morgan fingerprint density at radius 3 is 2.83 bits per heavy atom. The smallest absolute Gasteiger partial charge is 0.349 e. The number of hydrogen-bond acceptors (Lipinski definition) is 5. The third-order valence-electron chi connectivity index (χ3n) is 2.21. The lowest BCUT2D eigenvalue weighted by atomic mass is 10.3. The molecule has 0 aliphatic carbocycles. The van der Waals surface area contributed by atoms with E-state index < -0.39 is 0 Å². The standard InChI is InChI=1S/C12H12BrNO3S/c1-6(2)17-7-4-5-14-9-8(13)11(12(15)16-3)18-10(7)9/h4-6H,1-3H3. The van der Waals surface area contributed by atoms with Crippen LogP contribution in [0.25, 0.3) is 10.2 Å². The maximum absolute atomic E-state index is 11.6. The van der Waals surface area contributed by atoms with E-state index >= 15 is 0 Å². The van der Waals surface area contributed by atoms with Crippen LogP contribution in [-0.4, -0.2) is 24.2 Å². The van der Waals surface area contributed by atoms with E-state index in [2.05, 4.69) is 20.9 Å². The third kappa shape index (κ3) is 2.35. The van der Waals surface area contributed by atoms with E-state index in [0.717, 1.165) is 16.0 Å². The third-order valence-corrected chi connectivity index (χ3v) is 4.42. The normalized spacial score (nSPS) is 10.9. The van der Waals surface area contributed by atoms with E-state index in [1.165, 1.54) is 18.4 Å². The van der Waals surface area contributed by atoms with Gasteiger partial charge in [0.05, 0.1) is 27.9 Å². The molecule has 0 spiro atoms. The molecule has 96 valence electrons.